The van der Waals surface area contributed by atoms with Crippen LogP contribution < -0.4 is 16.0 Å². The Labute approximate surface area is 148 Å². The second-order valence-electron chi connectivity index (χ2n) is 5.62. The maximum atomic E-state index is 12.1. The summed E-state index contributed by atoms with van der Waals surface area (Å²) in [5.74, 6) is 0.354. The molecule has 2 aromatic rings. The molecule has 1 amide bonds. The largest absolute Gasteiger partial charge is 0.371 e. The van der Waals surface area contributed by atoms with Gasteiger partial charge >= 0.3 is 0 Å². The highest BCUT2D eigenvalue weighted by Crippen LogP contribution is 2.26. The van der Waals surface area contributed by atoms with Gasteiger partial charge in [-0.3, -0.25) is 4.79 Å². The van der Waals surface area contributed by atoms with Gasteiger partial charge in [-0.05, 0) is 30.5 Å². The van der Waals surface area contributed by atoms with Gasteiger partial charge in [0.2, 0.25) is 0 Å². The molecule has 0 saturated carbocycles. The van der Waals surface area contributed by atoms with E-state index in [1.54, 1.807) is 5.38 Å². The molecule has 1 saturated heterocycles. The molecule has 3 rings (SSSR count). The lowest BCUT2D eigenvalue weighted by atomic mass is 10.1. The van der Waals surface area contributed by atoms with Crippen LogP contribution >= 0.6 is 27.3 Å². The number of nitrogens with two attached hydrogens (primary N) is 1. The maximum absolute atomic E-state index is 12.1. The lowest BCUT2D eigenvalue weighted by molar-refractivity contribution is 0.0944. The summed E-state index contributed by atoms with van der Waals surface area (Å²) >= 11 is 4.93. The average molecular weight is 395 g/mol. The van der Waals surface area contributed by atoms with Crippen LogP contribution in [0.4, 0.5) is 5.69 Å². The van der Waals surface area contributed by atoms with Crippen LogP contribution in [0.2, 0.25) is 0 Å². The highest BCUT2D eigenvalue weighted by molar-refractivity contribution is 9.10. The minimum absolute atomic E-state index is 0.109. The van der Waals surface area contributed by atoms with Gasteiger partial charge in [0.15, 0.2) is 0 Å². The molecule has 0 aliphatic carbocycles. The number of nitrogens with one attached hydrogen (secondary N) is 1. The fourth-order valence-corrected chi connectivity index (χ4v) is 3.78. The lowest BCUT2D eigenvalue weighted by Gasteiger charge is -2.19. The van der Waals surface area contributed by atoms with Gasteiger partial charge < -0.3 is 16.0 Å². The number of amides is 1. The quantitative estimate of drug-likeness (QED) is 0.817. The molecule has 1 aliphatic rings. The van der Waals surface area contributed by atoms with Crippen LogP contribution in [0.15, 0.2) is 34.1 Å². The summed E-state index contributed by atoms with van der Waals surface area (Å²) in [6.45, 7) is 3.04. The van der Waals surface area contributed by atoms with Crippen molar-refractivity contribution in [1.82, 2.24) is 10.3 Å². The number of hydrogen-bond donors (Lipinski definition) is 2. The van der Waals surface area contributed by atoms with E-state index in [0.717, 1.165) is 29.0 Å². The van der Waals surface area contributed by atoms with E-state index in [9.17, 15) is 4.79 Å². The zero-order valence-electron chi connectivity index (χ0n) is 12.7. The molecule has 0 radical (unpaired) electrons. The van der Waals surface area contributed by atoms with E-state index in [1.807, 2.05) is 12.1 Å². The first-order valence-electron chi connectivity index (χ1n) is 7.59. The fourth-order valence-electron chi connectivity index (χ4n) is 2.74. The molecule has 0 spiro atoms. The summed E-state index contributed by atoms with van der Waals surface area (Å²) in [5.41, 5.74) is 7.22. The van der Waals surface area contributed by atoms with Crippen molar-refractivity contribution in [3.8, 4) is 0 Å². The van der Waals surface area contributed by atoms with Crippen molar-refractivity contribution in [2.45, 2.75) is 13.0 Å². The zero-order chi connectivity index (χ0) is 16.2. The van der Waals surface area contributed by atoms with E-state index < -0.39 is 0 Å². The summed E-state index contributed by atoms with van der Waals surface area (Å²) < 4.78 is 1.09. The monoisotopic (exact) mass is 394 g/mol. The topological polar surface area (TPSA) is 71.2 Å². The van der Waals surface area contributed by atoms with Crippen LogP contribution in [0, 0.1) is 5.92 Å². The van der Waals surface area contributed by atoms with Crippen LogP contribution in [-0.4, -0.2) is 30.5 Å². The van der Waals surface area contributed by atoms with Gasteiger partial charge in [0, 0.05) is 41.7 Å². The number of rotatable bonds is 5. The van der Waals surface area contributed by atoms with Crippen molar-refractivity contribution in [3.63, 3.8) is 0 Å². The molecule has 1 aromatic carbocycles. The van der Waals surface area contributed by atoms with Gasteiger partial charge in [-0.2, -0.15) is 0 Å². The number of carbonyl (C=O) groups excluding carboxylic acids is 1. The maximum Gasteiger partial charge on any atom is 0.270 e. The summed E-state index contributed by atoms with van der Waals surface area (Å²) in [6, 6.07) is 8.33. The molecule has 1 unspecified atom stereocenters. The first kappa shape index (κ1) is 16.4. The normalized spacial score (nSPS) is 17.5. The number of carbonyl (C=O) groups is 1. The van der Waals surface area contributed by atoms with E-state index in [-0.39, 0.29) is 5.91 Å². The third-order valence-electron chi connectivity index (χ3n) is 3.97. The van der Waals surface area contributed by atoms with Gasteiger partial charge in [0.1, 0.15) is 10.7 Å². The van der Waals surface area contributed by atoms with Crippen molar-refractivity contribution in [3.05, 3.63) is 44.8 Å². The molecule has 1 aromatic heterocycles. The average Bonchev–Trinajstić information content (AvgIpc) is 3.22. The van der Waals surface area contributed by atoms with E-state index in [0.29, 0.717) is 24.7 Å². The molecule has 0 bridgehead atoms. The molecule has 1 atom stereocenters. The predicted octanol–water partition coefficient (Wildman–Crippen LogP) is 2.62. The standard InChI is InChI=1S/C16H19BrN4OS/c17-12-2-1-3-13(6-12)21-5-4-11(9-21)8-19-16(22)14-10-23-15(7-18)20-14/h1-3,6,10-11H,4-5,7-9,18H2,(H,19,22). The highest BCUT2D eigenvalue weighted by atomic mass is 79.9. The van der Waals surface area contributed by atoms with Gasteiger partial charge in [-0.1, -0.05) is 22.0 Å². The van der Waals surface area contributed by atoms with E-state index in [2.05, 4.69) is 43.3 Å². The molecule has 23 heavy (non-hydrogen) atoms. The van der Waals surface area contributed by atoms with Crippen molar-refractivity contribution in [2.24, 2.45) is 11.7 Å². The van der Waals surface area contributed by atoms with Crippen molar-refractivity contribution in [2.75, 3.05) is 24.5 Å². The van der Waals surface area contributed by atoms with Gasteiger partial charge in [0.05, 0.1) is 0 Å². The number of hydrogen-bond acceptors (Lipinski definition) is 5. The number of halogens is 1. The minimum atomic E-state index is -0.109. The second-order valence-corrected chi connectivity index (χ2v) is 7.48. The fraction of sp³-hybridized carbons (Fsp3) is 0.375. The van der Waals surface area contributed by atoms with Crippen LogP contribution in [0.5, 0.6) is 0 Å². The Morgan fingerprint density at radius 1 is 1.52 bits per heavy atom. The highest BCUT2D eigenvalue weighted by Gasteiger charge is 2.23. The van der Waals surface area contributed by atoms with Gasteiger partial charge in [-0.15, -0.1) is 11.3 Å². The van der Waals surface area contributed by atoms with Crippen molar-refractivity contribution in [1.29, 1.82) is 0 Å². The van der Waals surface area contributed by atoms with Crippen LogP contribution in [0.25, 0.3) is 0 Å². The predicted molar refractivity (Wildman–Crippen MR) is 96.8 cm³/mol. The molecule has 1 aliphatic heterocycles. The number of nitrogens with zero attached hydrogens (tertiary/aromatic N) is 2. The third kappa shape index (κ3) is 4.10. The Bertz CT molecular complexity index is 690. The lowest BCUT2D eigenvalue weighted by Crippen LogP contribution is -2.31. The summed E-state index contributed by atoms with van der Waals surface area (Å²) in [5, 5.41) is 5.54. The molecule has 1 fully saturated rings. The van der Waals surface area contributed by atoms with E-state index >= 15 is 0 Å². The summed E-state index contributed by atoms with van der Waals surface area (Å²) in [7, 11) is 0. The van der Waals surface area contributed by atoms with E-state index in [1.165, 1.54) is 17.0 Å². The number of thiazole rings is 1. The molecule has 3 N–H and O–H groups in total. The Kier molecular flexibility index (Phi) is 5.30. The van der Waals surface area contributed by atoms with Crippen molar-refractivity contribution >= 4 is 38.9 Å². The van der Waals surface area contributed by atoms with Crippen LogP contribution in [-0.2, 0) is 6.54 Å². The first-order valence-corrected chi connectivity index (χ1v) is 9.26. The van der Waals surface area contributed by atoms with Crippen LogP contribution in [0.1, 0.15) is 21.9 Å². The van der Waals surface area contributed by atoms with Gasteiger partial charge in [-0.25, -0.2) is 4.98 Å². The number of aromatic nitrogens is 1. The summed E-state index contributed by atoms with van der Waals surface area (Å²) in [6.07, 6.45) is 1.08. The molecule has 5 nitrogen and oxygen atoms in total. The summed E-state index contributed by atoms with van der Waals surface area (Å²) in [4.78, 5) is 18.7. The molecule has 122 valence electrons. The third-order valence-corrected chi connectivity index (χ3v) is 5.33. The second kappa shape index (κ2) is 7.42. The van der Waals surface area contributed by atoms with Crippen molar-refractivity contribution < 1.29 is 4.79 Å². The number of anilines is 1. The van der Waals surface area contributed by atoms with Gasteiger partial charge in [0.25, 0.3) is 5.91 Å². The Balaban J connectivity index is 1.51. The molecular formula is C16H19BrN4OS. The smallest absolute Gasteiger partial charge is 0.270 e. The minimum Gasteiger partial charge on any atom is -0.371 e. The molecule has 2 heterocycles. The molecule has 7 heteroatoms. The van der Waals surface area contributed by atoms with E-state index in [4.69, 9.17) is 5.73 Å². The first-order chi connectivity index (χ1) is 11.2. The Hall–Kier alpha value is -1.44. The van der Waals surface area contributed by atoms with Crippen LogP contribution in [0.3, 0.4) is 0 Å². The Morgan fingerprint density at radius 2 is 2.39 bits per heavy atom. The zero-order valence-corrected chi connectivity index (χ0v) is 15.1. The number of benzene rings is 1. The molecular weight excluding hydrogens is 376 g/mol. The SMILES string of the molecule is NCc1nc(C(=O)NCC2CCN(c3cccc(Br)c3)C2)cs1. The Morgan fingerprint density at radius 3 is 3.13 bits per heavy atom.